The second kappa shape index (κ2) is 5.27. The number of nitrogens with one attached hydrogen (secondary N) is 1. The molecule has 2 rings (SSSR count). The highest BCUT2D eigenvalue weighted by Gasteiger charge is 2.19. The molecular weight excluding hydrogens is 220 g/mol. The zero-order valence-electron chi connectivity index (χ0n) is 10.3. The van der Waals surface area contributed by atoms with Gasteiger partial charge in [-0.2, -0.15) is 4.98 Å². The molecular formula is C11H18N4O2. The molecule has 17 heavy (non-hydrogen) atoms. The summed E-state index contributed by atoms with van der Waals surface area (Å²) in [6.45, 7) is 7.20. The second-order valence-electron chi connectivity index (χ2n) is 4.51. The van der Waals surface area contributed by atoms with Crippen LogP contribution in [0.15, 0.2) is 4.52 Å². The molecule has 0 aromatic carbocycles. The maximum atomic E-state index is 11.9. The van der Waals surface area contributed by atoms with Crippen molar-refractivity contribution in [2.75, 3.05) is 26.2 Å². The summed E-state index contributed by atoms with van der Waals surface area (Å²) in [7, 11) is 0. The zero-order chi connectivity index (χ0) is 12.3. The van der Waals surface area contributed by atoms with Crippen LogP contribution in [0.4, 0.5) is 0 Å². The quantitative estimate of drug-likeness (QED) is 0.812. The highest BCUT2D eigenvalue weighted by Crippen LogP contribution is 2.10. The maximum absolute atomic E-state index is 11.9. The first kappa shape index (κ1) is 12.0. The van der Waals surface area contributed by atoms with E-state index < -0.39 is 0 Å². The van der Waals surface area contributed by atoms with Gasteiger partial charge in [0.25, 0.3) is 0 Å². The van der Waals surface area contributed by atoms with Crippen LogP contribution < -0.4 is 5.32 Å². The Labute approximate surface area is 100 Å². The largest absolute Gasteiger partial charge is 0.340 e. The smallest absolute Gasteiger partial charge is 0.236 e. The Morgan fingerprint density at radius 1 is 1.47 bits per heavy atom. The van der Waals surface area contributed by atoms with Crippen molar-refractivity contribution in [1.29, 1.82) is 0 Å². The van der Waals surface area contributed by atoms with E-state index in [9.17, 15) is 4.79 Å². The summed E-state index contributed by atoms with van der Waals surface area (Å²) in [6, 6.07) is 0. The number of aromatic nitrogens is 2. The number of piperazine rings is 1. The van der Waals surface area contributed by atoms with Gasteiger partial charge in [-0.1, -0.05) is 19.0 Å². The van der Waals surface area contributed by atoms with Crippen LogP contribution in [0.1, 0.15) is 31.5 Å². The van der Waals surface area contributed by atoms with Crippen molar-refractivity contribution in [1.82, 2.24) is 20.4 Å². The average molecular weight is 238 g/mol. The van der Waals surface area contributed by atoms with E-state index in [0.717, 1.165) is 26.2 Å². The van der Waals surface area contributed by atoms with Crippen molar-refractivity contribution in [3.63, 3.8) is 0 Å². The summed E-state index contributed by atoms with van der Waals surface area (Å²) in [4.78, 5) is 17.9. The molecule has 1 amide bonds. The molecule has 6 nitrogen and oxygen atoms in total. The minimum absolute atomic E-state index is 0.0606. The van der Waals surface area contributed by atoms with E-state index in [4.69, 9.17) is 4.52 Å². The molecule has 94 valence electrons. The number of amides is 1. The second-order valence-corrected chi connectivity index (χ2v) is 4.51. The summed E-state index contributed by atoms with van der Waals surface area (Å²) in [5.41, 5.74) is 0. The van der Waals surface area contributed by atoms with E-state index in [1.54, 1.807) is 0 Å². The van der Waals surface area contributed by atoms with Crippen LogP contribution in [0.2, 0.25) is 0 Å². The van der Waals surface area contributed by atoms with Gasteiger partial charge >= 0.3 is 0 Å². The molecule has 1 saturated heterocycles. The maximum Gasteiger partial charge on any atom is 0.236 e. The van der Waals surface area contributed by atoms with Gasteiger partial charge in [-0.05, 0) is 0 Å². The topological polar surface area (TPSA) is 71.3 Å². The van der Waals surface area contributed by atoms with Crippen LogP contribution in [0.5, 0.6) is 0 Å². The lowest BCUT2D eigenvalue weighted by Gasteiger charge is -2.26. The minimum Gasteiger partial charge on any atom is -0.340 e. The van der Waals surface area contributed by atoms with Crippen molar-refractivity contribution >= 4 is 5.91 Å². The van der Waals surface area contributed by atoms with E-state index in [1.807, 2.05) is 18.7 Å². The molecule has 0 radical (unpaired) electrons. The highest BCUT2D eigenvalue weighted by molar-refractivity contribution is 5.77. The molecule has 1 aromatic rings. The third-order valence-corrected chi connectivity index (χ3v) is 2.77. The standard InChI is InChI=1S/C11H18N4O2/c1-8(2)11-13-9(17-14-11)7-10(16)15-5-3-12-4-6-15/h8,12H,3-7H2,1-2H3. The molecule has 1 N–H and O–H groups in total. The molecule has 0 aliphatic carbocycles. The first-order valence-corrected chi connectivity index (χ1v) is 5.98. The Morgan fingerprint density at radius 3 is 2.76 bits per heavy atom. The van der Waals surface area contributed by atoms with Crippen LogP contribution in [-0.4, -0.2) is 47.1 Å². The summed E-state index contributed by atoms with van der Waals surface area (Å²) in [5, 5.41) is 7.05. The average Bonchev–Trinajstić information content (AvgIpc) is 2.79. The lowest BCUT2D eigenvalue weighted by molar-refractivity contribution is -0.131. The fourth-order valence-electron chi connectivity index (χ4n) is 1.73. The molecule has 0 atom stereocenters. The molecule has 0 unspecified atom stereocenters. The van der Waals surface area contributed by atoms with Crippen molar-refractivity contribution in [2.45, 2.75) is 26.2 Å². The summed E-state index contributed by atoms with van der Waals surface area (Å²) in [5.74, 6) is 1.36. The minimum atomic E-state index is 0.0606. The van der Waals surface area contributed by atoms with Gasteiger partial charge in [0.2, 0.25) is 11.8 Å². The summed E-state index contributed by atoms with van der Waals surface area (Å²) in [6.07, 6.45) is 0.208. The van der Waals surface area contributed by atoms with E-state index >= 15 is 0 Å². The fraction of sp³-hybridized carbons (Fsp3) is 0.727. The predicted octanol–water partition coefficient (Wildman–Crippen LogP) is 0.167. The molecule has 1 aromatic heterocycles. The lowest BCUT2D eigenvalue weighted by Crippen LogP contribution is -2.46. The molecule has 0 spiro atoms. The first-order chi connectivity index (χ1) is 8.16. The Kier molecular flexibility index (Phi) is 3.73. The number of carbonyl (C=O) groups excluding carboxylic acids is 1. The van der Waals surface area contributed by atoms with Gasteiger partial charge < -0.3 is 14.7 Å². The lowest BCUT2D eigenvalue weighted by atomic mass is 10.2. The molecule has 1 aliphatic heterocycles. The Bertz CT molecular complexity index is 383. The molecule has 2 heterocycles. The van der Waals surface area contributed by atoms with Crippen LogP contribution in [0.3, 0.4) is 0 Å². The Hall–Kier alpha value is -1.43. The number of rotatable bonds is 3. The van der Waals surface area contributed by atoms with Crippen LogP contribution in [0.25, 0.3) is 0 Å². The number of nitrogens with zero attached hydrogens (tertiary/aromatic N) is 3. The van der Waals surface area contributed by atoms with Crippen molar-refractivity contribution < 1.29 is 9.32 Å². The Morgan fingerprint density at radius 2 is 2.18 bits per heavy atom. The van der Waals surface area contributed by atoms with E-state index in [1.165, 1.54) is 0 Å². The molecule has 1 aliphatic rings. The third kappa shape index (κ3) is 3.03. The van der Waals surface area contributed by atoms with Crippen LogP contribution in [-0.2, 0) is 11.2 Å². The molecule has 0 bridgehead atoms. The normalized spacial score (nSPS) is 16.5. The van der Waals surface area contributed by atoms with E-state index in [2.05, 4.69) is 15.5 Å². The fourth-order valence-corrected chi connectivity index (χ4v) is 1.73. The number of hydrogen-bond donors (Lipinski definition) is 1. The van der Waals surface area contributed by atoms with Gasteiger partial charge in [0, 0.05) is 32.1 Å². The third-order valence-electron chi connectivity index (χ3n) is 2.77. The van der Waals surface area contributed by atoms with Gasteiger partial charge in [0.15, 0.2) is 5.82 Å². The van der Waals surface area contributed by atoms with Gasteiger partial charge in [-0.15, -0.1) is 0 Å². The molecule has 1 fully saturated rings. The first-order valence-electron chi connectivity index (χ1n) is 5.98. The van der Waals surface area contributed by atoms with E-state index in [0.29, 0.717) is 11.7 Å². The van der Waals surface area contributed by atoms with Crippen LogP contribution >= 0.6 is 0 Å². The summed E-state index contributed by atoms with van der Waals surface area (Å²) < 4.78 is 5.06. The van der Waals surface area contributed by atoms with Gasteiger partial charge in [0.1, 0.15) is 6.42 Å². The predicted molar refractivity (Wildman–Crippen MR) is 61.5 cm³/mol. The number of carbonyl (C=O) groups is 1. The SMILES string of the molecule is CC(C)c1noc(CC(=O)N2CCNCC2)n1. The number of hydrogen-bond acceptors (Lipinski definition) is 5. The van der Waals surface area contributed by atoms with Crippen molar-refractivity contribution in [3.8, 4) is 0 Å². The Balaban J connectivity index is 1.92. The molecule has 6 heteroatoms. The highest BCUT2D eigenvalue weighted by atomic mass is 16.5. The van der Waals surface area contributed by atoms with Gasteiger partial charge in [-0.25, -0.2) is 0 Å². The zero-order valence-corrected chi connectivity index (χ0v) is 10.3. The summed E-state index contributed by atoms with van der Waals surface area (Å²) >= 11 is 0. The monoisotopic (exact) mass is 238 g/mol. The van der Waals surface area contributed by atoms with E-state index in [-0.39, 0.29) is 18.2 Å². The van der Waals surface area contributed by atoms with Crippen molar-refractivity contribution in [2.24, 2.45) is 0 Å². The van der Waals surface area contributed by atoms with Crippen LogP contribution in [0, 0.1) is 0 Å². The van der Waals surface area contributed by atoms with Gasteiger partial charge in [0.05, 0.1) is 0 Å². The van der Waals surface area contributed by atoms with Crippen molar-refractivity contribution in [3.05, 3.63) is 11.7 Å². The van der Waals surface area contributed by atoms with Gasteiger partial charge in [-0.3, -0.25) is 4.79 Å². The molecule has 0 saturated carbocycles.